The lowest BCUT2D eigenvalue weighted by molar-refractivity contribution is -0.143. The van der Waals surface area contributed by atoms with E-state index in [1.165, 1.54) is 63.4 Å². The molecule has 760 valence electrons. The van der Waals surface area contributed by atoms with Crippen LogP contribution in [0.25, 0.3) is 0 Å². The molecule has 0 radical (unpaired) electrons. The second-order valence-electron chi connectivity index (χ2n) is 31.7. The van der Waals surface area contributed by atoms with Gasteiger partial charge in [-0.25, -0.2) is 88.2 Å². The fourth-order valence-corrected chi connectivity index (χ4v) is 13.8. The number of aliphatic carboxylic acids is 3. The van der Waals surface area contributed by atoms with Crippen LogP contribution in [0, 0.1) is 0 Å². The number of anilines is 4. The van der Waals surface area contributed by atoms with Crippen LogP contribution in [0.1, 0.15) is 126 Å². The van der Waals surface area contributed by atoms with Gasteiger partial charge in [0.1, 0.15) is 72.8 Å². The average molecular weight is 2200 g/mol. The molecule has 5 atom stereocenters. The maximum atomic E-state index is 13.0. The Kier molecular flexibility index (Phi) is 48.9. The molecule has 7 heterocycles. The molecule has 43 nitrogen and oxygen atoms in total. The quantitative estimate of drug-likeness (QED) is 0.0104. The number of methoxy groups -OCH3 is 2. The molecule has 6 amide bonds. The van der Waals surface area contributed by atoms with Gasteiger partial charge in [0.25, 0.3) is 17.7 Å². The number of nitrogens with one attached hydrogen (secondary N) is 8. The van der Waals surface area contributed by atoms with Crippen molar-refractivity contribution in [2.75, 3.05) is 81.3 Å². The summed E-state index contributed by atoms with van der Waals surface area (Å²) >= 11 is 70.6. The second kappa shape index (κ2) is 57.7. The number of rotatable bonds is 26. The molecule has 0 aliphatic carbocycles. The van der Waals surface area contributed by atoms with Gasteiger partial charge in [0.15, 0.2) is 0 Å². The van der Waals surface area contributed by atoms with Gasteiger partial charge in [0.05, 0.1) is 45.4 Å². The van der Waals surface area contributed by atoms with Gasteiger partial charge in [-0.3, -0.25) is 19.2 Å². The van der Waals surface area contributed by atoms with Crippen LogP contribution >= 0.6 is 139 Å². The van der Waals surface area contributed by atoms with Gasteiger partial charge in [-0.05, 0) is 200 Å². The molecule has 0 saturated heterocycles. The third-order valence-electron chi connectivity index (χ3n) is 17.5. The molecular formula is C86H96Cl12N22O21. The summed E-state index contributed by atoms with van der Waals surface area (Å²) in [4.78, 5) is 182. The van der Waals surface area contributed by atoms with Crippen LogP contribution in [-0.4, -0.2) is 259 Å². The highest BCUT2D eigenvalue weighted by Gasteiger charge is 2.34. The summed E-state index contributed by atoms with van der Waals surface area (Å²) in [5.74, 6) is -6.18. The van der Waals surface area contributed by atoms with Gasteiger partial charge in [-0.2, -0.15) is 0 Å². The van der Waals surface area contributed by atoms with E-state index in [-0.39, 0.29) is 121 Å². The van der Waals surface area contributed by atoms with Gasteiger partial charge >= 0.3 is 54.1 Å². The number of nitrogens with two attached hydrogens (primary N) is 2. The molecule has 0 spiro atoms. The van der Waals surface area contributed by atoms with Crippen molar-refractivity contribution in [2.45, 2.75) is 135 Å². The zero-order valence-corrected chi connectivity index (χ0v) is 85.6. The molecule has 0 fully saturated rings. The standard InChI is InChI=1S/C24H19Cl4N5O4.C17H12Cl3NO3.C13H19ClN4O4.C12H17ClN4O4.C8H11ClN4O2.C8H16N2O4.C4H2Cl2N2/c25-14-3-1-12(2-4-14)22(35)33-8-6-15-13(11-33)9-16(26)19(20(15)28)21(34)31-17(23(36)37)10-30-24-29-7-5-18(27)32-24;18-11-3-1-9(2-4-11)16(22)21-6-5-12-10(8-21)7-13(19)14(15(12)20)17(23)24;1-13(2,3)22-12(20)17-8(10(19)21-4)7-16-11-15-6-5-9(14)18-11;1-12(2,3)21-11(20)16-7(9(18)19)6-15-10-14-5-4-8(13)17-10;1-15-7(14)5(10)4-12-8-11-3-2-6(9)13-8;1-8(2,3)14-7(13)10-5(4-9)6(11)12;5-3-1-2-7-4(6)8-3/h1-5,7,9,17H,6,8,10-11H2,(H,31,34)(H,36,37)(H,29,30,32);1-4,7H,5-6,8H2,(H,23,24);5-6,8H,7H2,1-4H3,(H,17,20)(H,15,16,18);4-5,7H,6H2,1-3H3,(H,16,20)(H,18,19)(H,14,15,17);2-3,5H,4,10H2,1H3,(H,11,12,13);5H,4,9H2,1-3H3,(H,10,13)(H,11,12);1-2H/t17-;;8-;7-;2*5-;/m0.0000./s1. The van der Waals surface area contributed by atoms with Gasteiger partial charge in [-0.1, -0.05) is 128 Å². The molecular weight excluding hydrogens is 2100 g/mol. The molecule has 55 heteroatoms. The predicted octanol–water partition coefficient (Wildman–Crippen LogP) is 14.0. The Bertz CT molecular complexity index is 5830. The summed E-state index contributed by atoms with van der Waals surface area (Å²) in [6, 6.07) is 18.7. The first kappa shape index (κ1) is 119. The number of carbonyl (C=O) groups is 12. The first-order chi connectivity index (χ1) is 66.1. The van der Waals surface area contributed by atoms with Crippen LogP contribution in [-0.2, 0) is 73.6 Å². The Hall–Kier alpha value is -12.1. The van der Waals surface area contributed by atoms with Crippen molar-refractivity contribution < 1.29 is 102 Å². The number of nitrogens with zero attached hydrogens (tertiary/aromatic N) is 12. The number of carboxylic acids is 4. The zero-order chi connectivity index (χ0) is 106. The third-order valence-corrected chi connectivity index (χ3v) is 20.6. The molecule has 5 aromatic heterocycles. The number of ether oxygens (including phenoxy) is 5. The van der Waals surface area contributed by atoms with E-state index in [0.717, 1.165) is 11.1 Å². The van der Waals surface area contributed by atoms with E-state index in [1.807, 2.05) is 0 Å². The van der Waals surface area contributed by atoms with Crippen molar-refractivity contribution in [3.63, 3.8) is 0 Å². The van der Waals surface area contributed by atoms with Crippen LogP contribution in [0.4, 0.5) is 38.2 Å². The highest BCUT2D eigenvalue weighted by molar-refractivity contribution is 6.41. The van der Waals surface area contributed by atoms with E-state index in [9.17, 15) is 67.7 Å². The molecule has 2 aliphatic heterocycles. The number of amides is 6. The lowest BCUT2D eigenvalue weighted by atomic mass is 9.96. The molecule has 9 aromatic rings. The number of aromatic nitrogens is 10. The van der Waals surface area contributed by atoms with Gasteiger partial charge < -0.3 is 108 Å². The van der Waals surface area contributed by atoms with Crippen molar-refractivity contribution in [1.82, 2.24) is 80.9 Å². The number of alkyl carbamates (subject to hydrolysis) is 3. The van der Waals surface area contributed by atoms with Crippen LogP contribution in [0.15, 0.2) is 122 Å². The second-order valence-corrected chi connectivity index (χ2v) is 36.4. The van der Waals surface area contributed by atoms with E-state index in [4.69, 9.17) is 175 Å². The molecule has 0 bridgehead atoms. The summed E-state index contributed by atoms with van der Waals surface area (Å²) in [6.45, 7) is 16.4. The van der Waals surface area contributed by atoms with Crippen molar-refractivity contribution in [3.05, 3.63) is 228 Å². The first-order valence-corrected chi connectivity index (χ1v) is 45.6. The number of fused-ring (bicyclic) bond motifs is 2. The molecule has 4 aromatic carbocycles. The lowest BCUT2D eigenvalue weighted by Crippen LogP contribution is -2.47. The monoisotopic (exact) mass is 2190 g/mol. The molecule has 0 unspecified atom stereocenters. The van der Waals surface area contributed by atoms with Crippen molar-refractivity contribution in [3.8, 4) is 0 Å². The highest BCUT2D eigenvalue weighted by Crippen LogP contribution is 2.37. The Morgan fingerprint density at radius 2 is 0.716 bits per heavy atom. The van der Waals surface area contributed by atoms with Crippen LogP contribution < -0.4 is 54.0 Å². The number of benzene rings is 4. The van der Waals surface area contributed by atoms with E-state index >= 15 is 0 Å². The topological polar surface area (TPSA) is 616 Å². The molecule has 2 aliphatic rings. The number of hydrogen-bond donors (Lipinski definition) is 14. The SMILES string of the molecule is CC(C)(C)OC(=O)N[C@@H](CN)C(=O)O.CC(C)(C)OC(=O)N[C@@H](CNc1nccc(Cl)n1)C(=O)O.COC(=O)[C@@H](N)CNc1nccc(Cl)n1.COC(=O)[C@H](CNc1nccc(Cl)n1)NC(=O)OC(C)(C)C.Clc1ccnc(Cl)n1.O=C(N[C@@H](CNc1nccc(Cl)n1)C(=O)O)c1c(Cl)cc2c(c1Cl)CCN(C(=O)c1ccc(Cl)cc1)C2.O=C(O)c1c(Cl)cc2c(c1Cl)CCN(C(=O)c1ccc(Cl)cc1)C2. The van der Waals surface area contributed by atoms with Gasteiger partial charge in [-0.15, -0.1) is 0 Å². The first-order valence-electron chi connectivity index (χ1n) is 41.0. The Morgan fingerprint density at radius 3 is 1.03 bits per heavy atom. The summed E-state index contributed by atoms with van der Waals surface area (Å²) in [5.41, 5.74) is 12.4. The maximum absolute atomic E-state index is 13.0. The summed E-state index contributed by atoms with van der Waals surface area (Å²) in [6.07, 6.45) is 5.84. The number of aromatic carboxylic acids is 1. The Morgan fingerprint density at radius 1 is 0.404 bits per heavy atom. The number of hydrogen-bond acceptors (Lipinski definition) is 33. The van der Waals surface area contributed by atoms with Crippen LogP contribution in [0.3, 0.4) is 0 Å². The van der Waals surface area contributed by atoms with Gasteiger partial charge in [0, 0.05) is 111 Å². The number of esters is 2. The minimum absolute atomic E-state index is 0.0201. The average Bonchev–Trinajstić information content (AvgIpc) is 0.774. The smallest absolute Gasteiger partial charge is 0.408 e. The van der Waals surface area contributed by atoms with Crippen LogP contribution in [0.5, 0.6) is 0 Å². The van der Waals surface area contributed by atoms with E-state index < -0.39 is 107 Å². The summed E-state index contributed by atoms with van der Waals surface area (Å²) in [5, 5.41) is 59.6. The minimum Gasteiger partial charge on any atom is -0.480 e. The van der Waals surface area contributed by atoms with E-state index in [1.54, 1.807) is 145 Å². The maximum Gasteiger partial charge on any atom is 0.408 e. The number of carboxylic acid groups (broad SMARTS) is 4. The molecule has 16 N–H and O–H groups in total. The fourth-order valence-electron chi connectivity index (χ4n) is 11.2. The lowest BCUT2D eigenvalue weighted by Gasteiger charge is -2.30. The van der Waals surface area contributed by atoms with Crippen molar-refractivity contribution in [2.24, 2.45) is 11.5 Å². The minimum atomic E-state index is -1.34. The predicted molar refractivity (Wildman–Crippen MR) is 529 cm³/mol. The van der Waals surface area contributed by atoms with Crippen molar-refractivity contribution >= 4 is 235 Å². The molecule has 0 saturated carbocycles. The highest BCUT2D eigenvalue weighted by atomic mass is 35.5. The summed E-state index contributed by atoms with van der Waals surface area (Å²) < 4.78 is 24.0. The largest absolute Gasteiger partial charge is 0.480 e. The van der Waals surface area contributed by atoms with E-state index in [2.05, 4.69) is 102 Å². The molecule has 141 heavy (non-hydrogen) atoms. The Balaban J connectivity index is 0.000000302. The van der Waals surface area contributed by atoms with Gasteiger partial charge in [0.2, 0.25) is 29.1 Å². The Labute approximate surface area is 866 Å². The number of halogens is 12. The van der Waals surface area contributed by atoms with Crippen molar-refractivity contribution in [1.29, 1.82) is 0 Å². The normalized spacial score (nSPS) is 12.7. The van der Waals surface area contributed by atoms with E-state index in [0.29, 0.717) is 81.0 Å². The zero-order valence-electron chi connectivity index (χ0n) is 76.5. The number of carbonyl (C=O) groups excluding carboxylic acids is 8. The summed E-state index contributed by atoms with van der Waals surface area (Å²) in [7, 11) is 2.50. The fraction of sp³-hybridized carbons (Fsp3) is 0.349. The van der Waals surface area contributed by atoms with Crippen LogP contribution in [0.2, 0.25) is 61.2 Å². The third kappa shape index (κ3) is 43.1. The molecule has 11 rings (SSSR count).